The van der Waals surface area contributed by atoms with Crippen LogP contribution in [0.15, 0.2) is 24.3 Å². The molecule has 116 valence electrons. The van der Waals surface area contributed by atoms with Crippen LogP contribution in [0.25, 0.3) is 0 Å². The summed E-state index contributed by atoms with van der Waals surface area (Å²) in [5, 5.41) is 2.50. The standard InChI is InChI=1S/C16H16FNO3S/c1-4-13-9(2)7-14(22-13)15(19)18-12-8-10(16(20)21-3)5-6-11(12)17/h5-8H,4H2,1-3H3,(H,18,19). The number of aryl methyl sites for hydroxylation is 2. The summed E-state index contributed by atoms with van der Waals surface area (Å²) in [7, 11) is 1.24. The van der Waals surface area contributed by atoms with Gasteiger partial charge in [0.1, 0.15) is 5.82 Å². The van der Waals surface area contributed by atoms with Gasteiger partial charge in [-0.1, -0.05) is 6.92 Å². The summed E-state index contributed by atoms with van der Waals surface area (Å²) < 4.78 is 18.4. The third-order valence-corrected chi connectivity index (χ3v) is 4.58. The number of rotatable bonds is 4. The van der Waals surface area contributed by atoms with Gasteiger partial charge >= 0.3 is 5.97 Å². The summed E-state index contributed by atoms with van der Waals surface area (Å²) in [6, 6.07) is 5.47. The van der Waals surface area contributed by atoms with Crippen molar-refractivity contribution in [1.29, 1.82) is 0 Å². The summed E-state index contributed by atoms with van der Waals surface area (Å²) in [4.78, 5) is 25.3. The van der Waals surface area contributed by atoms with Gasteiger partial charge in [0.25, 0.3) is 5.91 Å². The number of anilines is 1. The highest BCUT2D eigenvalue weighted by Gasteiger charge is 2.15. The van der Waals surface area contributed by atoms with Gasteiger partial charge < -0.3 is 10.1 Å². The number of ether oxygens (including phenoxy) is 1. The van der Waals surface area contributed by atoms with Crippen LogP contribution in [0.2, 0.25) is 0 Å². The van der Waals surface area contributed by atoms with E-state index in [0.717, 1.165) is 22.9 Å². The first-order chi connectivity index (χ1) is 10.5. The number of methoxy groups -OCH3 is 1. The molecule has 1 heterocycles. The molecule has 0 unspecified atom stereocenters. The third kappa shape index (κ3) is 3.33. The van der Waals surface area contributed by atoms with E-state index in [9.17, 15) is 14.0 Å². The number of carbonyl (C=O) groups excluding carboxylic acids is 2. The fourth-order valence-electron chi connectivity index (χ4n) is 2.03. The van der Waals surface area contributed by atoms with Gasteiger partial charge in [-0.3, -0.25) is 4.79 Å². The van der Waals surface area contributed by atoms with Crippen LogP contribution in [0.4, 0.5) is 10.1 Å². The van der Waals surface area contributed by atoms with Crippen LogP contribution >= 0.6 is 11.3 Å². The van der Waals surface area contributed by atoms with E-state index in [2.05, 4.69) is 10.1 Å². The monoisotopic (exact) mass is 321 g/mol. The molecule has 0 bridgehead atoms. The fourth-order valence-corrected chi connectivity index (χ4v) is 3.04. The van der Waals surface area contributed by atoms with Gasteiger partial charge in [-0.05, 0) is 43.2 Å². The number of hydrogen-bond donors (Lipinski definition) is 1. The predicted octanol–water partition coefficient (Wildman–Crippen LogP) is 3.80. The first-order valence-electron chi connectivity index (χ1n) is 6.74. The predicted molar refractivity (Wildman–Crippen MR) is 84.1 cm³/mol. The summed E-state index contributed by atoms with van der Waals surface area (Å²) in [6.45, 7) is 3.95. The van der Waals surface area contributed by atoms with E-state index in [4.69, 9.17) is 0 Å². The van der Waals surface area contributed by atoms with E-state index in [-0.39, 0.29) is 11.3 Å². The maximum Gasteiger partial charge on any atom is 0.337 e. The average Bonchev–Trinajstić information content (AvgIpc) is 2.89. The second-order valence-corrected chi connectivity index (χ2v) is 5.85. The van der Waals surface area contributed by atoms with Crippen molar-refractivity contribution in [3.05, 3.63) is 51.0 Å². The van der Waals surface area contributed by atoms with E-state index in [1.54, 1.807) is 6.07 Å². The number of amides is 1. The molecule has 1 aromatic heterocycles. The zero-order chi connectivity index (χ0) is 16.3. The first kappa shape index (κ1) is 16.2. The largest absolute Gasteiger partial charge is 0.465 e. The van der Waals surface area contributed by atoms with E-state index in [1.165, 1.54) is 30.6 Å². The summed E-state index contributed by atoms with van der Waals surface area (Å²) >= 11 is 1.38. The normalized spacial score (nSPS) is 10.4. The van der Waals surface area contributed by atoms with Crippen molar-refractivity contribution < 1.29 is 18.7 Å². The molecule has 4 nitrogen and oxygen atoms in total. The second-order valence-electron chi connectivity index (χ2n) is 4.71. The number of carbonyl (C=O) groups is 2. The molecule has 2 rings (SSSR count). The maximum absolute atomic E-state index is 13.8. The first-order valence-corrected chi connectivity index (χ1v) is 7.56. The molecule has 0 aliphatic heterocycles. The van der Waals surface area contributed by atoms with Crippen molar-refractivity contribution in [2.24, 2.45) is 0 Å². The second kappa shape index (κ2) is 6.70. The molecule has 2 aromatic rings. The van der Waals surface area contributed by atoms with Gasteiger partial charge in [-0.25, -0.2) is 9.18 Å². The molecule has 1 aromatic carbocycles. The van der Waals surface area contributed by atoms with Gasteiger partial charge in [-0.15, -0.1) is 11.3 Å². The molecule has 0 spiro atoms. The topological polar surface area (TPSA) is 55.4 Å². The molecule has 0 fully saturated rings. The van der Waals surface area contributed by atoms with Crippen LogP contribution < -0.4 is 5.32 Å². The highest BCUT2D eigenvalue weighted by Crippen LogP contribution is 2.24. The molecule has 0 saturated carbocycles. The minimum Gasteiger partial charge on any atom is -0.465 e. The van der Waals surface area contributed by atoms with Crippen LogP contribution in [-0.4, -0.2) is 19.0 Å². The Kier molecular flexibility index (Phi) is 4.92. The molecule has 0 aliphatic carbocycles. The Balaban J connectivity index is 2.25. The number of hydrogen-bond acceptors (Lipinski definition) is 4. The number of benzene rings is 1. The van der Waals surface area contributed by atoms with Crippen LogP contribution in [0.1, 0.15) is 37.4 Å². The van der Waals surface area contributed by atoms with Crippen molar-refractivity contribution >= 4 is 28.9 Å². The fraction of sp³-hybridized carbons (Fsp3) is 0.250. The van der Waals surface area contributed by atoms with E-state index < -0.39 is 17.7 Å². The van der Waals surface area contributed by atoms with Crippen LogP contribution in [0.5, 0.6) is 0 Å². The van der Waals surface area contributed by atoms with Gasteiger partial charge in [0.05, 0.1) is 23.2 Å². The Bertz CT molecular complexity index is 724. The molecule has 6 heteroatoms. The summed E-state index contributed by atoms with van der Waals surface area (Å²) in [5.41, 5.74) is 1.18. The van der Waals surface area contributed by atoms with Gasteiger partial charge in [-0.2, -0.15) is 0 Å². The number of halogens is 1. The van der Waals surface area contributed by atoms with Crippen LogP contribution in [-0.2, 0) is 11.2 Å². The smallest absolute Gasteiger partial charge is 0.337 e. The van der Waals surface area contributed by atoms with Crippen LogP contribution in [0.3, 0.4) is 0 Å². The van der Waals surface area contributed by atoms with Crippen molar-refractivity contribution in [3.8, 4) is 0 Å². The number of esters is 1. The molecule has 0 saturated heterocycles. The average molecular weight is 321 g/mol. The van der Waals surface area contributed by atoms with Gasteiger partial charge in [0.2, 0.25) is 0 Å². The van der Waals surface area contributed by atoms with E-state index in [0.29, 0.717) is 4.88 Å². The Labute approximate surface area is 131 Å². The van der Waals surface area contributed by atoms with E-state index >= 15 is 0 Å². The Hall–Kier alpha value is -2.21. The maximum atomic E-state index is 13.8. The molecule has 0 aliphatic rings. The minimum absolute atomic E-state index is 0.0444. The van der Waals surface area contributed by atoms with Crippen molar-refractivity contribution in [2.75, 3.05) is 12.4 Å². The minimum atomic E-state index is -0.606. The molecular formula is C16H16FNO3S. The highest BCUT2D eigenvalue weighted by molar-refractivity contribution is 7.14. The van der Waals surface area contributed by atoms with Crippen molar-refractivity contribution in [2.45, 2.75) is 20.3 Å². The zero-order valence-corrected chi connectivity index (χ0v) is 13.3. The molecule has 22 heavy (non-hydrogen) atoms. The zero-order valence-electron chi connectivity index (χ0n) is 12.5. The molecule has 1 N–H and O–H groups in total. The highest BCUT2D eigenvalue weighted by atomic mass is 32.1. The Morgan fingerprint density at radius 3 is 2.64 bits per heavy atom. The lowest BCUT2D eigenvalue weighted by Gasteiger charge is -2.07. The van der Waals surface area contributed by atoms with Crippen molar-refractivity contribution in [3.63, 3.8) is 0 Å². The van der Waals surface area contributed by atoms with Gasteiger partial charge in [0, 0.05) is 4.88 Å². The lowest BCUT2D eigenvalue weighted by molar-refractivity contribution is 0.0600. The lowest BCUT2D eigenvalue weighted by Crippen LogP contribution is -2.12. The quantitative estimate of drug-likeness (QED) is 0.872. The van der Waals surface area contributed by atoms with Gasteiger partial charge in [0.15, 0.2) is 0 Å². The third-order valence-electron chi connectivity index (χ3n) is 3.20. The molecule has 1 amide bonds. The SMILES string of the molecule is CCc1sc(C(=O)Nc2cc(C(=O)OC)ccc2F)cc1C. The number of nitrogens with one attached hydrogen (secondary N) is 1. The van der Waals surface area contributed by atoms with Crippen molar-refractivity contribution in [1.82, 2.24) is 0 Å². The van der Waals surface area contributed by atoms with Crippen LogP contribution in [0, 0.1) is 12.7 Å². The number of thiophene rings is 1. The Morgan fingerprint density at radius 2 is 2.05 bits per heavy atom. The molecular weight excluding hydrogens is 305 g/mol. The molecule has 0 atom stereocenters. The summed E-state index contributed by atoms with van der Waals surface area (Å²) in [5.74, 6) is -1.59. The lowest BCUT2D eigenvalue weighted by atomic mass is 10.2. The molecule has 0 radical (unpaired) electrons. The van der Waals surface area contributed by atoms with E-state index in [1.807, 2.05) is 13.8 Å². The summed E-state index contributed by atoms with van der Waals surface area (Å²) in [6.07, 6.45) is 0.843. The Morgan fingerprint density at radius 1 is 1.32 bits per heavy atom.